The number of piperidine rings is 1. The number of piperazine rings is 1. The highest BCUT2D eigenvalue weighted by Gasteiger charge is 2.49. The molecule has 4 atom stereocenters. The van der Waals surface area contributed by atoms with Gasteiger partial charge in [-0.25, -0.2) is 0 Å². The molecule has 1 aromatic heterocycles. The van der Waals surface area contributed by atoms with Crippen molar-refractivity contribution in [1.82, 2.24) is 24.4 Å². The molecule has 4 heterocycles. The van der Waals surface area contributed by atoms with Crippen LogP contribution in [0.25, 0.3) is 0 Å². The van der Waals surface area contributed by atoms with Gasteiger partial charge in [-0.1, -0.05) is 12.1 Å². The van der Waals surface area contributed by atoms with Crippen molar-refractivity contribution in [3.63, 3.8) is 0 Å². The lowest BCUT2D eigenvalue weighted by atomic mass is 9.99. The molecule has 2 bridgehead atoms. The van der Waals surface area contributed by atoms with Crippen LogP contribution in [0.4, 0.5) is 0 Å². The maximum atomic E-state index is 13.4. The molecule has 4 fully saturated rings. The van der Waals surface area contributed by atoms with E-state index in [9.17, 15) is 13.2 Å². The number of aromatic nitrogens is 1. The van der Waals surface area contributed by atoms with Gasteiger partial charge >= 0.3 is 0 Å². The van der Waals surface area contributed by atoms with Crippen molar-refractivity contribution in [1.29, 1.82) is 0 Å². The molecular formula is C20H31N5O4S. The van der Waals surface area contributed by atoms with Crippen LogP contribution < -0.4 is 10.6 Å². The number of amides is 1. The lowest BCUT2D eigenvalue weighted by Crippen LogP contribution is -2.60. The first kappa shape index (κ1) is 20.4. The third kappa shape index (κ3) is 3.79. The van der Waals surface area contributed by atoms with Crippen LogP contribution in [0.15, 0.2) is 10.6 Å². The summed E-state index contributed by atoms with van der Waals surface area (Å²) in [6, 6.07) is 1.83. The zero-order valence-corrected chi connectivity index (χ0v) is 18.2. The third-order valence-electron chi connectivity index (χ3n) is 7.05. The average Bonchev–Trinajstić information content (AvgIpc) is 3.40. The number of nitrogens with zero attached hydrogens (tertiary/aromatic N) is 3. The summed E-state index contributed by atoms with van der Waals surface area (Å²) in [5.41, 5.74) is 0.325. The average molecular weight is 438 g/mol. The van der Waals surface area contributed by atoms with Crippen LogP contribution in [-0.4, -0.2) is 71.9 Å². The number of fused-ring (bicyclic) bond motifs is 2. The molecule has 0 radical (unpaired) electrons. The number of hydrogen-bond donors (Lipinski definition) is 2. The Labute approximate surface area is 177 Å². The Kier molecular flexibility index (Phi) is 5.37. The molecule has 1 unspecified atom stereocenters. The highest BCUT2D eigenvalue weighted by atomic mass is 32.2. The number of hydrogen-bond acceptors (Lipinski definition) is 6. The van der Waals surface area contributed by atoms with Gasteiger partial charge in [-0.05, 0) is 44.9 Å². The Morgan fingerprint density at radius 2 is 2.00 bits per heavy atom. The SMILES string of the molecule is CCC1CN(S(=O)(=O)N2[C@@H]3CC[C@H]2C[C@@H](NC(=O)c2cc(C4CC4)on2)C3)CCN1. The van der Waals surface area contributed by atoms with Gasteiger partial charge in [0.05, 0.1) is 0 Å². The van der Waals surface area contributed by atoms with Crippen molar-refractivity contribution in [2.24, 2.45) is 0 Å². The molecule has 166 valence electrons. The summed E-state index contributed by atoms with van der Waals surface area (Å²) >= 11 is 0. The second-order valence-electron chi connectivity index (χ2n) is 9.17. The Balaban J connectivity index is 1.23. The number of carbonyl (C=O) groups excluding carboxylic acids is 1. The van der Waals surface area contributed by atoms with E-state index in [-0.39, 0.29) is 30.1 Å². The van der Waals surface area contributed by atoms with Crippen molar-refractivity contribution in [2.45, 2.75) is 82.0 Å². The molecule has 2 N–H and O–H groups in total. The lowest BCUT2D eigenvalue weighted by molar-refractivity contribution is 0.0897. The fourth-order valence-electron chi connectivity index (χ4n) is 5.26. The Hall–Kier alpha value is -1.49. The second kappa shape index (κ2) is 7.89. The number of carbonyl (C=O) groups is 1. The molecule has 3 saturated heterocycles. The topological polar surface area (TPSA) is 108 Å². The van der Waals surface area contributed by atoms with Crippen molar-refractivity contribution in [2.75, 3.05) is 19.6 Å². The monoisotopic (exact) mass is 437 g/mol. The molecule has 1 aliphatic carbocycles. The van der Waals surface area contributed by atoms with Gasteiger partial charge < -0.3 is 15.2 Å². The standard InChI is InChI=1S/C20H31N5O4S/c1-2-14-12-24(8-7-21-14)30(27,28)25-16-5-6-17(25)10-15(9-16)22-20(26)18-11-19(29-23-18)13-3-4-13/h11,13-17,21H,2-10,12H2,1H3,(H,22,26)/t14?,15-,16+,17-. The summed E-state index contributed by atoms with van der Waals surface area (Å²) < 4.78 is 35.5. The van der Waals surface area contributed by atoms with E-state index in [0.29, 0.717) is 44.1 Å². The summed E-state index contributed by atoms with van der Waals surface area (Å²) in [5.74, 6) is 0.988. The fraction of sp³-hybridized carbons (Fsp3) is 0.800. The number of rotatable bonds is 6. The van der Waals surface area contributed by atoms with Gasteiger partial charge in [0.1, 0.15) is 5.76 Å². The minimum Gasteiger partial charge on any atom is -0.360 e. The Morgan fingerprint density at radius 3 is 2.67 bits per heavy atom. The Morgan fingerprint density at radius 1 is 1.27 bits per heavy atom. The van der Waals surface area contributed by atoms with Crippen LogP contribution >= 0.6 is 0 Å². The third-order valence-corrected chi connectivity index (χ3v) is 9.16. The predicted molar refractivity (Wildman–Crippen MR) is 110 cm³/mol. The van der Waals surface area contributed by atoms with Crippen LogP contribution in [-0.2, 0) is 10.2 Å². The van der Waals surface area contributed by atoms with Crippen LogP contribution in [0, 0.1) is 0 Å². The summed E-state index contributed by atoms with van der Waals surface area (Å²) in [6.07, 6.45) is 6.12. The van der Waals surface area contributed by atoms with Crippen molar-refractivity contribution >= 4 is 16.1 Å². The first-order valence-corrected chi connectivity index (χ1v) is 12.6. The zero-order chi connectivity index (χ0) is 20.9. The summed E-state index contributed by atoms with van der Waals surface area (Å²) in [5, 5.41) is 10.4. The van der Waals surface area contributed by atoms with Gasteiger partial charge in [-0.2, -0.15) is 17.0 Å². The van der Waals surface area contributed by atoms with Crippen LogP contribution in [0.2, 0.25) is 0 Å². The van der Waals surface area contributed by atoms with Crippen molar-refractivity contribution < 1.29 is 17.7 Å². The van der Waals surface area contributed by atoms with Gasteiger partial charge in [0.25, 0.3) is 16.1 Å². The minimum absolute atomic E-state index is 0.0334. The van der Waals surface area contributed by atoms with E-state index in [1.807, 2.05) is 0 Å². The largest absolute Gasteiger partial charge is 0.360 e. The lowest BCUT2D eigenvalue weighted by Gasteiger charge is -2.42. The Bertz CT molecular complexity index is 885. The first-order valence-electron chi connectivity index (χ1n) is 11.2. The highest BCUT2D eigenvalue weighted by molar-refractivity contribution is 7.86. The predicted octanol–water partition coefficient (Wildman–Crippen LogP) is 1.21. The molecule has 1 saturated carbocycles. The van der Waals surface area contributed by atoms with Crippen molar-refractivity contribution in [3.8, 4) is 0 Å². The molecule has 10 heteroatoms. The van der Waals surface area contributed by atoms with E-state index in [1.54, 1.807) is 14.7 Å². The fourth-order valence-corrected chi connectivity index (χ4v) is 7.35. The molecule has 1 amide bonds. The highest BCUT2D eigenvalue weighted by Crippen LogP contribution is 2.41. The van der Waals surface area contributed by atoms with Gasteiger partial charge in [0.15, 0.2) is 5.69 Å². The maximum absolute atomic E-state index is 13.4. The summed E-state index contributed by atoms with van der Waals surface area (Å²) in [7, 11) is -3.48. The quantitative estimate of drug-likeness (QED) is 0.693. The smallest absolute Gasteiger partial charge is 0.282 e. The van der Waals surface area contributed by atoms with Crippen LogP contribution in [0.1, 0.15) is 74.0 Å². The molecular weight excluding hydrogens is 406 g/mol. The van der Waals surface area contributed by atoms with E-state index < -0.39 is 10.2 Å². The molecule has 1 aromatic rings. The first-order chi connectivity index (χ1) is 14.5. The molecule has 0 aromatic carbocycles. The van der Waals surface area contributed by atoms with E-state index >= 15 is 0 Å². The van der Waals surface area contributed by atoms with E-state index in [1.165, 1.54) is 0 Å². The van der Waals surface area contributed by atoms with Gasteiger partial charge in [0, 0.05) is 55.8 Å². The van der Waals surface area contributed by atoms with Crippen molar-refractivity contribution in [3.05, 3.63) is 17.5 Å². The molecule has 30 heavy (non-hydrogen) atoms. The summed E-state index contributed by atoms with van der Waals surface area (Å²) in [6.45, 7) is 3.82. The minimum atomic E-state index is -3.48. The molecule has 5 rings (SSSR count). The normalized spacial score (nSPS) is 33.0. The van der Waals surface area contributed by atoms with Crippen LogP contribution in [0.3, 0.4) is 0 Å². The molecule has 0 spiro atoms. The van der Waals surface area contributed by atoms with E-state index in [4.69, 9.17) is 4.52 Å². The molecule has 4 aliphatic rings. The second-order valence-corrected chi connectivity index (χ2v) is 11.0. The zero-order valence-electron chi connectivity index (χ0n) is 17.4. The molecule has 9 nitrogen and oxygen atoms in total. The van der Waals surface area contributed by atoms with E-state index in [2.05, 4.69) is 22.7 Å². The number of nitrogens with one attached hydrogen (secondary N) is 2. The van der Waals surface area contributed by atoms with Gasteiger partial charge in [0.2, 0.25) is 0 Å². The summed E-state index contributed by atoms with van der Waals surface area (Å²) in [4.78, 5) is 12.6. The van der Waals surface area contributed by atoms with E-state index in [0.717, 1.165) is 37.9 Å². The van der Waals surface area contributed by atoms with Crippen LogP contribution in [0.5, 0.6) is 0 Å². The maximum Gasteiger partial charge on any atom is 0.282 e. The van der Waals surface area contributed by atoms with Gasteiger partial charge in [-0.3, -0.25) is 4.79 Å². The molecule has 3 aliphatic heterocycles. The van der Waals surface area contributed by atoms with Gasteiger partial charge in [-0.15, -0.1) is 0 Å².